The molecule has 0 bridgehead atoms. The summed E-state index contributed by atoms with van der Waals surface area (Å²) in [4.78, 5) is 28.0. The van der Waals surface area contributed by atoms with Gasteiger partial charge in [-0.25, -0.2) is 0 Å². The second-order valence-electron chi connectivity index (χ2n) is 10.1. The van der Waals surface area contributed by atoms with E-state index < -0.39 is 18.2 Å². The zero-order valence-corrected chi connectivity index (χ0v) is 22.7. The van der Waals surface area contributed by atoms with Crippen molar-refractivity contribution in [2.75, 3.05) is 7.05 Å². The first kappa shape index (κ1) is 27.7. The fourth-order valence-electron chi connectivity index (χ4n) is 5.34. The molecule has 5 nitrogen and oxygen atoms in total. The third-order valence-electron chi connectivity index (χ3n) is 7.33. The summed E-state index contributed by atoms with van der Waals surface area (Å²) in [6.45, 7) is 0.601. The molecule has 1 aliphatic rings. The van der Waals surface area contributed by atoms with E-state index in [0.29, 0.717) is 24.9 Å². The Balaban J connectivity index is 1.16. The van der Waals surface area contributed by atoms with Crippen molar-refractivity contribution in [3.8, 4) is 16.9 Å². The Morgan fingerprint density at radius 3 is 2.38 bits per heavy atom. The molecule has 5 rings (SSSR count). The first-order chi connectivity index (χ1) is 19.2. The van der Waals surface area contributed by atoms with E-state index in [1.54, 1.807) is 23.3 Å². The molecule has 208 valence electrons. The van der Waals surface area contributed by atoms with Crippen LogP contribution in [-0.4, -0.2) is 30.1 Å². The number of rotatable bonds is 8. The Bertz CT molecular complexity index is 1480. The van der Waals surface area contributed by atoms with Crippen LogP contribution in [-0.2, 0) is 22.7 Å². The molecule has 0 radical (unpaired) electrons. The van der Waals surface area contributed by atoms with Crippen LogP contribution < -0.4 is 10.1 Å². The number of hydrogen-bond donors (Lipinski definition) is 1. The van der Waals surface area contributed by atoms with Crippen LogP contribution in [0.5, 0.6) is 5.75 Å². The number of benzene rings is 3. The van der Waals surface area contributed by atoms with Crippen molar-refractivity contribution >= 4 is 33.2 Å². The van der Waals surface area contributed by atoms with Crippen molar-refractivity contribution in [1.82, 2.24) is 10.2 Å². The van der Waals surface area contributed by atoms with E-state index >= 15 is 0 Å². The van der Waals surface area contributed by atoms with E-state index in [0.717, 1.165) is 17.5 Å². The molecule has 1 aliphatic carbocycles. The predicted octanol–water partition coefficient (Wildman–Crippen LogP) is 7.16. The molecule has 0 saturated heterocycles. The van der Waals surface area contributed by atoms with Crippen LogP contribution in [0.1, 0.15) is 30.4 Å². The number of alkyl halides is 3. The summed E-state index contributed by atoms with van der Waals surface area (Å²) in [6, 6.07) is 22.0. The van der Waals surface area contributed by atoms with Gasteiger partial charge in [-0.3, -0.25) is 9.59 Å². The first-order valence-electron chi connectivity index (χ1n) is 13.1. The van der Waals surface area contributed by atoms with Crippen molar-refractivity contribution in [1.29, 1.82) is 0 Å². The van der Waals surface area contributed by atoms with Gasteiger partial charge in [0.15, 0.2) is 0 Å². The molecule has 1 N–H and O–H groups in total. The van der Waals surface area contributed by atoms with Crippen molar-refractivity contribution in [2.24, 2.45) is 11.8 Å². The summed E-state index contributed by atoms with van der Waals surface area (Å²) >= 11 is 1.72. The number of carbonyl (C=O) groups is 2. The highest BCUT2D eigenvalue weighted by molar-refractivity contribution is 7.17. The van der Waals surface area contributed by atoms with Gasteiger partial charge in [-0.15, -0.1) is 24.5 Å². The number of amides is 2. The van der Waals surface area contributed by atoms with E-state index in [2.05, 4.69) is 51.8 Å². The fourth-order valence-corrected chi connectivity index (χ4v) is 6.28. The minimum atomic E-state index is -4.75. The number of nitrogens with zero attached hydrogens (tertiary/aromatic N) is 1. The van der Waals surface area contributed by atoms with E-state index in [1.807, 2.05) is 12.1 Å². The molecule has 3 aromatic carbocycles. The van der Waals surface area contributed by atoms with Crippen LogP contribution >= 0.6 is 11.3 Å². The Hall–Kier alpha value is -3.85. The van der Waals surface area contributed by atoms with Crippen LogP contribution in [0.2, 0.25) is 0 Å². The minimum absolute atomic E-state index is 0.0567. The maximum atomic E-state index is 13.3. The molecular weight excluding hydrogens is 537 g/mol. The summed E-state index contributed by atoms with van der Waals surface area (Å²) < 4.78 is 42.2. The van der Waals surface area contributed by atoms with E-state index in [-0.39, 0.29) is 24.1 Å². The normalized spacial score (nSPS) is 17.1. The molecule has 1 fully saturated rings. The maximum absolute atomic E-state index is 13.3. The van der Waals surface area contributed by atoms with E-state index in [1.165, 1.54) is 39.9 Å². The maximum Gasteiger partial charge on any atom is 0.573 e. The molecule has 4 aromatic rings. The van der Waals surface area contributed by atoms with Crippen LogP contribution in [0.15, 0.2) is 78.2 Å². The van der Waals surface area contributed by atoms with Crippen molar-refractivity contribution in [3.05, 3.63) is 89.3 Å². The molecular formula is C31H29F3N2O3S. The molecule has 1 heterocycles. The van der Waals surface area contributed by atoms with Gasteiger partial charge in [0.25, 0.3) is 0 Å². The fraction of sp³-hybridized carbons (Fsp3) is 0.290. The highest BCUT2D eigenvalue weighted by Gasteiger charge is 2.39. The average molecular weight is 567 g/mol. The lowest BCUT2D eigenvalue weighted by Gasteiger charge is -2.25. The van der Waals surface area contributed by atoms with E-state index in [4.69, 9.17) is 0 Å². The highest BCUT2D eigenvalue weighted by atomic mass is 32.1. The number of fused-ring (bicyclic) bond motifs is 1. The topological polar surface area (TPSA) is 58.6 Å². The van der Waals surface area contributed by atoms with Gasteiger partial charge in [0.1, 0.15) is 5.75 Å². The third-order valence-corrected chi connectivity index (χ3v) is 8.30. The van der Waals surface area contributed by atoms with Gasteiger partial charge in [-0.2, -0.15) is 0 Å². The van der Waals surface area contributed by atoms with Crippen LogP contribution in [0.4, 0.5) is 13.2 Å². The minimum Gasteiger partial charge on any atom is -0.406 e. The van der Waals surface area contributed by atoms with Crippen molar-refractivity contribution in [3.63, 3.8) is 0 Å². The smallest absolute Gasteiger partial charge is 0.406 e. The van der Waals surface area contributed by atoms with Gasteiger partial charge < -0.3 is 15.0 Å². The first-order valence-corrected chi connectivity index (χ1v) is 14.0. The standard InChI is InChI=1S/C31H29F3N2O3S/c1-36(19-21-8-12-22(13-9-21)25-5-2-4-23-16-17-40-28(23)25)30(38)27-7-3-6-26(27)29(37)35-18-20-10-14-24(15-11-20)39-31(32,33)34/h2,4-5,8-17,26-27H,3,6-7,18-19H2,1H3,(H,35,37)/t26-,27-/m1/s1. The quantitative estimate of drug-likeness (QED) is 0.246. The number of nitrogens with one attached hydrogen (secondary N) is 1. The Morgan fingerprint density at radius 1 is 0.950 bits per heavy atom. The highest BCUT2D eigenvalue weighted by Crippen LogP contribution is 2.35. The monoisotopic (exact) mass is 566 g/mol. The average Bonchev–Trinajstić information content (AvgIpc) is 3.62. The summed E-state index contributed by atoms with van der Waals surface area (Å²) in [7, 11) is 1.76. The molecule has 1 aromatic heterocycles. The molecule has 0 spiro atoms. The predicted molar refractivity (Wildman–Crippen MR) is 150 cm³/mol. The summed E-state index contributed by atoms with van der Waals surface area (Å²) in [5, 5.41) is 6.16. The van der Waals surface area contributed by atoms with Crippen LogP contribution in [0, 0.1) is 11.8 Å². The number of ether oxygens (including phenoxy) is 1. The Kier molecular flexibility index (Phi) is 8.12. The number of halogens is 3. The van der Waals surface area contributed by atoms with Crippen molar-refractivity contribution < 1.29 is 27.5 Å². The van der Waals surface area contributed by atoms with Gasteiger partial charge in [-0.1, -0.05) is 61.0 Å². The molecule has 0 unspecified atom stereocenters. The van der Waals surface area contributed by atoms with Crippen LogP contribution in [0.3, 0.4) is 0 Å². The lowest BCUT2D eigenvalue weighted by Crippen LogP contribution is -2.40. The van der Waals surface area contributed by atoms with Gasteiger partial charge in [0, 0.05) is 36.7 Å². The van der Waals surface area contributed by atoms with Crippen molar-refractivity contribution in [2.45, 2.75) is 38.7 Å². The number of carbonyl (C=O) groups excluding carboxylic acids is 2. The largest absolute Gasteiger partial charge is 0.573 e. The SMILES string of the molecule is CN(Cc1ccc(-c2cccc3ccsc23)cc1)C(=O)[C@@H]1CCC[C@H]1C(=O)NCc1ccc(OC(F)(F)F)cc1. The lowest BCUT2D eigenvalue weighted by atomic mass is 9.93. The van der Waals surface area contributed by atoms with Gasteiger partial charge in [0.05, 0.1) is 0 Å². The third kappa shape index (κ3) is 6.47. The van der Waals surface area contributed by atoms with Gasteiger partial charge in [-0.05, 0) is 64.1 Å². The van der Waals surface area contributed by atoms with Gasteiger partial charge in [0.2, 0.25) is 11.8 Å². The Labute approximate surface area is 234 Å². The summed E-state index contributed by atoms with van der Waals surface area (Å²) in [5.74, 6) is -1.42. The second kappa shape index (κ2) is 11.7. The molecule has 9 heteroatoms. The summed E-state index contributed by atoms with van der Waals surface area (Å²) in [6.07, 6.45) is -2.70. The number of hydrogen-bond acceptors (Lipinski definition) is 4. The molecule has 2 amide bonds. The summed E-state index contributed by atoms with van der Waals surface area (Å²) in [5.41, 5.74) is 3.96. The number of thiophene rings is 1. The van der Waals surface area contributed by atoms with E-state index in [9.17, 15) is 22.8 Å². The molecule has 2 atom stereocenters. The lowest BCUT2D eigenvalue weighted by molar-refractivity contribution is -0.274. The van der Waals surface area contributed by atoms with Gasteiger partial charge >= 0.3 is 6.36 Å². The molecule has 1 saturated carbocycles. The second-order valence-corrected chi connectivity index (χ2v) is 11.0. The van der Waals surface area contributed by atoms with Crippen LogP contribution in [0.25, 0.3) is 21.2 Å². The molecule has 40 heavy (non-hydrogen) atoms. The Morgan fingerprint density at radius 2 is 1.65 bits per heavy atom. The zero-order valence-electron chi connectivity index (χ0n) is 21.9. The zero-order chi connectivity index (χ0) is 28.3. The molecule has 0 aliphatic heterocycles.